The number of anilines is 1. The second-order valence-corrected chi connectivity index (χ2v) is 6.47. The molecule has 1 amide bonds. The van der Waals surface area contributed by atoms with Crippen molar-refractivity contribution in [2.24, 2.45) is 0 Å². The predicted molar refractivity (Wildman–Crippen MR) is 90.1 cm³/mol. The van der Waals surface area contributed by atoms with Gasteiger partial charge in [-0.1, -0.05) is 24.3 Å². The Morgan fingerprint density at radius 2 is 1.74 bits per heavy atom. The molecule has 0 saturated carbocycles. The summed E-state index contributed by atoms with van der Waals surface area (Å²) < 4.78 is 64.3. The molecule has 2 N–H and O–H groups in total. The maximum Gasteiger partial charge on any atom is 0.390 e. The summed E-state index contributed by atoms with van der Waals surface area (Å²) in [6, 6.07) is 9.77. The number of carbonyl (C=O) groups excluding carboxylic acids is 1. The molecule has 1 unspecified atom stereocenters. The van der Waals surface area contributed by atoms with E-state index < -0.39 is 42.2 Å². The molecule has 0 spiro atoms. The Bertz CT molecular complexity index is 832. The van der Waals surface area contributed by atoms with Crippen LogP contribution in [0.15, 0.2) is 42.5 Å². The first kappa shape index (κ1) is 19.1. The lowest BCUT2D eigenvalue weighted by Gasteiger charge is -2.31. The maximum atomic E-state index is 13.6. The molecule has 0 aromatic heterocycles. The second-order valence-electron chi connectivity index (χ2n) is 6.47. The molecule has 1 aliphatic carbocycles. The van der Waals surface area contributed by atoms with Crippen molar-refractivity contribution in [3.05, 3.63) is 65.2 Å². The summed E-state index contributed by atoms with van der Waals surface area (Å²) in [5.74, 6) is -2.31. The number of benzene rings is 2. The molecule has 0 fully saturated rings. The summed E-state index contributed by atoms with van der Waals surface area (Å²) in [6.45, 7) is -0.578. The minimum absolute atomic E-state index is 0.0372. The lowest BCUT2D eigenvalue weighted by Crippen LogP contribution is -2.49. The topological polar surface area (TPSA) is 41.1 Å². The smallest absolute Gasteiger partial charge is 0.367 e. The van der Waals surface area contributed by atoms with E-state index in [0.717, 1.165) is 17.7 Å². The van der Waals surface area contributed by atoms with Gasteiger partial charge in [0, 0.05) is 18.3 Å². The van der Waals surface area contributed by atoms with Crippen LogP contribution in [0.2, 0.25) is 0 Å². The van der Waals surface area contributed by atoms with Crippen LogP contribution >= 0.6 is 0 Å². The molecule has 144 valence electrons. The van der Waals surface area contributed by atoms with Crippen molar-refractivity contribution in [1.29, 1.82) is 0 Å². The number of hydrogen-bond donors (Lipinski definition) is 2. The number of alkyl halides is 3. The first-order valence-corrected chi connectivity index (χ1v) is 8.37. The Kier molecular flexibility index (Phi) is 5.08. The second kappa shape index (κ2) is 7.17. The molecule has 3 nitrogen and oxygen atoms in total. The summed E-state index contributed by atoms with van der Waals surface area (Å²) in [5.41, 5.74) is 0.0739. The Balaban J connectivity index is 1.92. The van der Waals surface area contributed by atoms with Crippen molar-refractivity contribution in [3.8, 4) is 0 Å². The monoisotopic (exact) mass is 384 g/mol. The summed E-state index contributed by atoms with van der Waals surface area (Å²) >= 11 is 0. The van der Waals surface area contributed by atoms with E-state index in [2.05, 4.69) is 10.6 Å². The van der Waals surface area contributed by atoms with Gasteiger partial charge in [0.05, 0.1) is 6.42 Å². The van der Waals surface area contributed by atoms with E-state index in [1.807, 2.05) is 6.07 Å². The van der Waals surface area contributed by atoms with Gasteiger partial charge in [0.15, 0.2) is 0 Å². The van der Waals surface area contributed by atoms with Gasteiger partial charge >= 0.3 is 6.18 Å². The standard InChI is InChI=1S/C19H17F5N2O/c20-13-9-14(21)11-15(10-13)26-18(17(27)25-8-7-19(22,23)24)6-5-12-3-1-2-4-16(12)18/h1-4,9-11,26H,5-8H2,(H,25,27). The molecule has 0 aliphatic heterocycles. The number of amides is 1. The van der Waals surface area contributed by atoms with Crippen molar-refractivity contribution in [1.82, 2.24) is 5.32 Å². The lowest BCUT2D eigenvalue weighted by molar-refractivity contribution is -0.136. The average Bonchev–Trinajstić information content (AvgIpc) is 2.93. The lowest BCUT2D eigenvalue weighted by atomic mass is 9.90. The van der Waals surface area contributed by atoms with E-state index in [1.165, 1.54) is 0 Å². The number of carbonyl (C=O) groups is 1. The highest BCUT2D eigenvalue weighted by molar-refractivity contribution is 5.92. The van der Waals surface area contributed by atoms with E-state index >= 15 is 0 Å². The summed E-state index contributed by atoms with van der Waals surface area (Å²) in [5, 5.41) is 5.17. The third-order valence-electron chi connectivity index (χ3n) is 4.55. The van der Waals surface area contributed by atoms with Crippen LogP contribution < -0.4 is 10.6 Å². The summed E-state index contributed by atoms with van der Waals surface area (Å²) in [4.78, 5) is 12.9. The largest absolute Gasteiger partial charge is 0.390 e. The first-order chi connectivity index (χ1) is 12.7. The number of aryl methyl sites for hydroxylation is 1. The molecule has 2 aromatic rings. The third kappa shape index (κ3) is 4.20. The van der Waals surface area contributed by atoms with Gasteiger partial charge < -0.3 is 10.6 Å². The van der Waals surface area contributed by atoms with E-state index in [9.17, 15) is 26.7 Å². The number of fused-ring (bicyclic) bond motifs is 1. The van der Waals surface area contributed by atoms with Crippen LogP contribution in [0.1, 0.15) is 24.0 Å². The van der Waals surface area contributed by atoms with Crippen molar-refractivity contribution in [2.75, 3.05) is 11.9 Å². The molecule has 2 aromatic carbocycles. The number of nitrogens with one attached hydrogen (secondary N) is 2. The normalized spacial score (nSPS) is 18.9. The van der Waals surface area contributed by atoms with Gasteiger partial charge in [0.2, 0.25) is 5.91 Å². The van der Waals surface area contributed by atoms with E-state index in [1.54, 1.807) is 18.2 Å². The molecule has 0 radical (unpaired) electrons. The van der Waals surface area contributed by atoms with Crippen LogP contribution in [0.5, 0.6) is 0 Å². The van der Waals surface area contributed by atoms with Crippen molar-refractivity contribution < 1.29 is 26.7 Å². The zero-order chi connectivity index (χ0) is 19.7. The maximum absolute atomic E-state index is 13.6. The van der Waals surface area contributed by atoms with Gasteiger partial charge in [-0.3, -0.25) is 4.79 Å². The number of hydrogen-bond acceptors (Lipinski definition) is 2. The molecule has 0 heterocycles. The highest BCUT2D eigenvalue weighted by Crippen LogP contribution is 2.40. The van der Waals surface area contributed by atoms with Crippen LogP contribution in [0.25, 0.3) is 0 Å². The number of rotatable bonds is 5. The molecular formula is C19H17F5N2O. The molecule has 1 aliphatic rings. The molecule has 0 saturated heterocycles. The van der Waals surface area contributed by atoms with Gasteiger partial charge in [0.25, 0.3) is 0 Å². The Labute approximate surface area is 152 Å². The fraction of sp³-hybridized carbons (Fsp3) is 0.316. The number of halogens is 5. The van der Waals surface area contributed by atoms with Gasteiger partial charge in [-0.05, 0) is 36.1 Å². The van der Waals surface area contributed by atoms with Crippen LogP contribution in [0.3, 0.4) is 0 Å². The highest BCUT2D eigenvalue weighted by Gasteiger charge is 2.45. The molecule has 27 heavy (non-hydrogen) atoms. The molecule has 0 bridgehead atoms. The molecule has 8 heteroatoms. The average molecular weight is 384 g/mol. The van der Waals surface area contributed by atoms with Crippen molar-refractivity contribution >= 4 is 11.6 Å². The molecule has 3 rings (SSSR count). The summed E-state index contributed by atoms with van der Waals surface area (Å²) in [6.07, 6.45) is -4.80. The Morgan fingerprint density at radius 1 is 1.07 bits per heavy atom. The molecule has 1 atom stereocenters. The van der Waals surface area contributed by atoms with Crippen molar-refractivity contribution in [2.45, 2.75) is 31.0 Å². The van der Waals surface area contributed by atoms with Gasteiger partial charge in [0.1, 0.15) is 17.2 Å². The SMILES string of the molecule is O=C(NCCC(F)(F)F)C1(Nc2cc(F)cc(F)c2)CCc2ccccc21. The Morgan fingerprint density at radius 3 is 2.41 bits per heavy atom. The predicted octanol–water partition coefficient (Wildman–Crippen LogP) is 4.29. The van der Waals surface area contributed by atoms with Gasteiger partial charge in [-0.25, -0.2) is 8.78 Å². The summed E-state index contributed by atoms with van der Waals surface area (Å²) in [7, 11) is 0. The van der Waals surface area contributed by atoms with Crippen molar-refractivity contribution in [3.63, 3.8) is 0 Å². The fourth-order valence-electron chi connectivity index (χ4n) is 3.37. The minimum atomic E-state index is -4.40. The van der Waals surface area contributed by atoms with Crippen LogP contribution in [-0.2, 0) is 16.8 Å². The minimum Gasteiger partial charge on any atom is -0.367 e. The zero-order valence-electron chi connectivity index (χ0n) is 14.2. The van der Waals surface area contributed by atoms with E-state index in [0.29, 0.717) is 18.1 Å². The van der Waals surface area contributed by atoms with Crippen LogP contribution in [0, 0.1) is 11.6 Å². The van der Waals surface area contributed by atoms with Gasteiger partial charge in [-0.2, -0.15) is 13.2 Å². The van der Waals surface area contributed by atoms with Crippen LogP contribution in [0.4, 0.5) is 27.6 Å². The van der Waals surface area contributed by atoms with E-state index in [4.69, 9.17) is 0 Å². The molecular weight excluding hydrogens is 367 g/mol. The highest BCUT2D eigenvalue weighted by atomic mass is 19.4. The van der Waals surface area contributed by atoms with Gasteiger partial charge in [-0.15, -0.1) is 0 Å². The van der Waals surface area contributed by atoms with Crippen LogP contribution in [-0.4, -0.2) is 18.6 Å². The third-order valence-corrected chi connectivity index (χ3v) is 4.55. The first-order valence-electron chi connectivity index (χ1n) is 8.37. The zero-order valence-corrected chi connectivity index (χ0v) is 14.2. The Hall–Kier alpha value is -2.64. The van der Waals surface area contributed by atoms with E-state index in [-0.39, 0.29) is 12.1 Å². The fourth-order valence-corrected chi connectivity index (χ4v) is 3.37. The quantitative estimate of drug-likeness (QED) is 0.756.